The van der Waals surface area contributed by atoms with Crippen molar-refractivity contribution in [2.75, 3.05) is 19.8 Å². The molecule has 11 heteroatoms. The molecule has 154 valence electrons. The first-order chi connectivity index (χ1) is 14.0. The van der Waals surface area contributed by atoms with Gasteiger partial charge in [0, 0.05) is 0 Å². The Labute approximate surface area is 175 Å². The number of aromatic nitrogens is 1. The summed E-state index contributed by atoms with van der Waals surface area (Å²) in [7, 11) is 0. The number of β-lactam (4-membered cyclic amide) rings is 1. The molecule has 2 aliphatic rings. The molecule has 0 aromatic carbocycles. The minimum Gasteiger partial charge on any atom is -0.457 e. The molecular formula is C18H19N3O6S2. The third kappa shape index (κ3) is 4.07. The number of nitrogens with zero attached hydrogens (tertiary/aromatic N) is 2. The lowest BCUT2D eigenvalue weighted by molar-refractivity contribution is -0.154. The molecule has 0 radical (unpaired) electrons. The summed E-state index contributed by atoms with van der Waals surface area (Å²) in [6, 6.07) is 0. The van der Waals surface area contributed by atoms with Crippen molar-refractivity contribution in [3.8, 4) is 0 Å². The van der Waals surface area contributed by atoms with Crippen LogP contribution in [0.3, 0.4) is 0 Å². The molecule has 3 heterocycles. The van der Waals surface area contributed by atoms with Gasteiger partial charge in [-0.25, -0.2) is 14.6 Å². The first kappa shape index (κ1) is 21.1. The van der Waals surface area contributed by atoms with Crippen molar-refractivity contribution in [1.82, 2.24) is 15.2 Å². The summed E-state index contributed by atoms with van der Waals surface area (Å²) < 4.78 is 10.0. The van der Waals surface area contributed by atoms with Gasteiger partial charge in [-0.3, -0.25) is 9.69 Å². The van der Waals surface area contributed by atoms with Crippen LogP contribution in [0.15, 0.2) is 36.5 Å². The fraction of sp³-hybridized carbons (Fsp3) is 0.333. The number of alkyl carbamates (subject to hydrolysis) is 1. The number of carbonyl (C=O) groups excluding carboxylic acids is 3. The molecule has 1 aromatic heterocycles. The largest absolute Gasteiger partial charge is 0.457 e. The highest BCUT2D eigenvalue weighted by Gasteiger charge is 2.56. The molecule has 1 aromatic rings. The van der Waals surface area contributed by atoms with Crippen molar-refractivity contribution in [2.24, 2.45) is 5.92 Å². The minimum absolute atomic E-state index is 0.00263. The van der Waals surface area contributed by atoms with E-state index in [0.29, 0.717) is 15.5 Å². The van der Waals surface area contributed by atoms with Gasteiger partial charge in [0.05, 0.1) is 40.1 Å². The van der Waals surface area contributed by atoms with Crippen LogP contribution in [0, 0.1) is 5.92 Å². The summed E-state index contributed by atoms with van der Waals surface area (Å²) in [4.78, 5) is 43.5. The van der Waals surface area contributed by atoms with Crippen molar-refractivity contribution in [1.29, 1.82) is 0 Å². The predicted molar refractivity (Wildman–Crippen MR) is 107 cm³/mol. The fourth-order valence-corrected chi connectivity index (χ4v) is 5.31. The normalized spacial score (nSPS) is 20.0. The molecule has 2 amide bonds. The van der Waals surface area contributed by atoms with E-state index in [9.17, 15) is 19.5 Å². The Hall–Kier alpha value is -2.63. The standard InChI is InChI=1S/C18H19N3O6S2/c1-3-5-26-17(24)12-14(29-16-10(8-22)15(23)21(12)16)13-11(20-9-28-13)7-19-18(25)27-6-4-2/h3-4,9-10,16,22H,1-2,5-8H2,(H,19,25)/t10-,16+/m0/s1. The Morgan fingerprint density at radius 1 is 1.31 bits per heavy atom. The van der Waals surface area contributed by atoms with Gasteiger partial charge in [-0.1, -0.05) is 37.1 Å². The summed E-state index contributed by atoms with van der Waals surface area (Å²) in [6.07, 6.45) is 2.26. The van der Waals surface area contributed by atoms with Gasteiger partial charge < -0.3 is 19.9 Å². The van der Waals surface area contributed by atoms with E-state index in [1.54, 1.807) is 5.51 Å². The molecule has 0 spiro atoms. The number of amides is 2. The molecular weight excluding hydrogens is 418 g/mol. The maximum Gasteiger partial charge on any atom is 0.407 e. The van der Waals surface area contributed by atoms with Crippen LogP contribution >= 0.6 is 23.1 Å². The Balaban J connectivity index is 1.86. The highest BCUT2D eigenvalue weighted by atomic mass is 32.2. The van der Waals surface area contributed by atoms with Crippen LogP contribution in [-0.2, 0) is 25.6 Å². The van der Waals surface area contributed by atoms with Crippen LogP contribution < -0.4 is 5.32 Å². The van der Waals surface area contributed by atoms with Crippen molar-refractivity contribution < 1.29 is 29.0 Å². The predicted octanol–water partition coefficient (Wildman–Crippen LogP) is 1.48. The Bertz CT molecular complexity index is 881. The number of esters is 1. The van der Waals surface area contributed by atoms with Crippen LogP contribution in [0.2, 0.25) is 0 Å². The van der Waals surface area contributed by atoms with E-state index >= 15 is 0 Å². The zero-order chi connectivity index (χ0) is 21.0. The highest BCUT2D eigenvalue weighted by Crippen LogP contribution is 2.54. The smallest absolute Gasteiger partial charge is 0.407 e. The van der Waals surface area contributed by atoms with Crippen LogP contribution in [-0.4, -0.2) is 58.2 Å². The number of fused-ring (bicyclic) bond motifs is 1. The fourth-order valence-electron chi connectivity index (χ4n) is 2.83. The summed E-state index contributed by atoms with van der Waals surface area (Å²) in [5, 5.41) is 11.7. The van der Waals surface area contributed by atoms with Crippen molar-refractivity contribution in [2.45, 2.75) is 11.9 Å². The van der Waals surface area contributed by atoms with E-state index in [2.05, 4.69) is 23.5 Å². The van der Waals surface area contributed by atoms with Crippen molar-refractivity contribution in [3.05, 3.63) is 47.1 Å². The Kier molecular flexibility index (Phi) is 6.72. The van der Waals surface area contributed by atoms with Gasteiger partial charge in [-0.05, 0) is 0 Å². The lowest BCUT2D eigenvalue weighted by atomic mass is 9.98. The van der Waals surface area contributed by atoms with E-state index in [1.165, 1.54) is 40.2 Å². The number of rotatable bonds is 9. The molecule has 0 saturated carbocycles. The average molecular weight is 437 g/mol. The summed E-state index contributed by atoms with van der Waals surface area (Å²) in [5.74, 6) is -1.57. The van der Waals surface area contributed by atoms with E-state index in [0.717, 1.165) is 0 Å². The van der Waals surface area contributed by atoms with Crippen LogP contribution in [0.1, 0.15) is 10.6 Å². The molecule has 29 heavy (non-hydrogen) atoms. The number of hydrogen-bond donors (Lipinski definition) is 2. The highest BCUT2D eigenvalue weighted by molar-refractivity contribution is 8.09. The summed E-state index contributed by atoms with van der Waals surface area (Å²) in [5.41, 5.74) is 2.23. The SMILES string of the molecule is C=CCOC(=O)NCc1ncsc1C1=C(C(=O)OCC=C)N2C(=O)[C@H](CO)[C@H]2S1. The molecule has 1 fully saturated rings. The van der Waals surface area contributed by atoms with Crippen molar-refractivity contribution >= 4 is 46.0 Å². The average Bonchev–Trinajstić information content (AvgIpc) is 3.31. The van der Waals surface area contributed by atoms with Gasteiger partial charge in [-0.2, -0.15) is 0 Å². The number of thioether (sulfide) groups is 1. The van der Waals surface area contributed by atoms with Gasteiger partial charge in [0.15, 0.2) is 0 Å². The molecule has 0 bridgehead atoms. The van der Waals surface area contributed by atoms with Crippen LogP contribution in [0.4, 0.5) is 4.79 Å². The Morgan fingerprint density at radius 2 is 2.03 bits per heavy atom. The first-order valence-electron chi connectivity index (χ1n) is 8.60. The number of hydrogen-bond acceptors (Lipinski definition) is 9. The lowest BCUT2D eigenvalue weighted by Gasteiger charge is -2.41. The zero-order valence-electron chi connectivity index (χ0n) is 15.3. The van der Waals surface area contributed by atoms with Crippen molar-refractivity contribution in [3.63, 3.8) is 0 Å². The number of ether oxygens (including phenoxy) is 2. The third-order valence-corrected chi connectivity index (χ3v) is 6.58. The molecule has 9 nitrogen and oxygen atoms in total. The number of nitrogens with one attached hydrogen (secondary N) is 1. The Morgan fingerprint density at radius 3 is 2.72 bits per heavy atom. The number of aliphatic hydroxyl groups excluding tert-OH is 1. The first-order valence-corrected chi connectivity index (χ1v) is 10.4. The van der Waals surface area contributed by atoms with E-state index in [1.807, 2.05) is 0 Å². The van der Waals surface area contributed by atoms with E-state index in [4.69, 9.17) is 9.47 Å². The maximum absolute atomic E-state index is 12.6. The molecule has 2 atom stereocenters. The van der Waals surface area contributed by atoms with E-state index in [-0.39, 0.29) is 43.3 Å². The molecule has 2 N–H and O–H groups in total. The minimum atomic E-state index is -0.655. The van der Waals surface area contributed by atoms with Gasteiger partial charge >= 0.3 is 12.1 Å². The van der Waals surface area contributed by atoms with Crippen LogP contribution in [0.5, 0.6) is 0 Å². The summed E-state index contributed by atoms with van der Waals surface area (Å²) in [6.45, 7) is 6.84. The number of thiazole rings is 1. The molecule has 0 aliphatic carbocycles. The van der Waals surface area contributed by atoms with Gasteiger partial charge in [0.1, 0.15) is 24.3 Å². The number of carbonyl (C=O) groups is 3. The van der Waals surface area contributed by atoms with Gasteiger partial charge in [0.2, 0.25) is 5.91 Å². The molecule has 0 unspecified atom stereocenters. The second-order valence-electron chi connectivity index (χ2n) is 5.94. The maximum atomic E-state index is 12.6. The van der Waals surface area contributed by atoms with Gasteiger partial charge in [0.25, 0.3) is 0 Å². The van der Waals surface area contributed by atoms with Gasteiger partial charge in [-0.15, -0.1) is 11.3 Å². The quantitative estimate of drug-likeness (QED) is 0.339. The molecule has 1 saturated heterocycles. The third-order valence-electron chi connectivity index (χ3n) is 4.15. The van der Waals surface area contributed by atoms with Crippen LogP contribution in [0.25, 0.3) is 4.91 Å². The second-order valence-corrected chi connectivity index (χ2v) is 7.92. The second kappa shape index (κ2) is 9.25. The molecule has 2 aliphatic heterocycles. The molecule has 3 rings (SSSR count). The zero-order valence-corrected chi connectivity index (χ0v) is 17.0. The lowest BCUT2D eigenvalue weighted by Crippen LogP contribution is -2.58. The monoisotopic (exact) mass is 437 g/mol. The number of aliphatic hydroxyl groups is 1. The van der Waals surface area contributed by atoms with E-state index < -0.39 is 18.0 Å². The topological polar surface area (TPSA) is 118 Å². The summed E-state index contributed by atoms with van der Waals surface area (Å²) >= 11 is 2.57.